The molecule has 0 saturated carbocycles. The average Bonchev–Trinajstić information content (AvgIpc) is 2.79. The zero-order valence-corrected chi connectivity index (χ0v) is 20.4. The number of carbonyl (C=O) groups is 1. The van der Waals surface area contributed by atoms with E-state index in [1.165, 1.54) is 29.3 Å². The lowest BCUT2D eigenvalue weighted by atomic mass is 10.00. The number of rotatable bonds is 7. The van der Waals surface area contributed by atoms with Gasteiger partial charge in [-0.05, 0) is 74.6 Å². The Kier molecular flexibility index (Phi) is 7.63. The minimum absolute atomic E-state index is 0.0613. The number of fused-ring (bicyclic) bond motifs is 1. The third-order valence-electron chi connectivity index (χ3n) is 5.66. The van der Waals surface area contributed by atoms with E-state index in [0.29, 0.717) is 15.8 Å². The van der Waals surface area contributed by atoms with Crippen LogP contribution in [-0.4, -0.2) is 23.4 Å². The van der Waals surface area contributed by atoms with Crippen LogP contribution in [0.4, 0.5) is 10.1 Å². The maximum Gasteiger partial charge on any atom is 0.335 e. The number of aryl methyl sites for hydroxylation is 2. The molecule has 0 spiro atoms. The second-order valence-corrected chi connectivity index (χ2v) is 9.21. The van der Waals surface area contributed by atoms with Crippen LogP contribution >= 0.6 is 15.9 Å². The van der Waals surface area contributed by atoms with E-state index >= 15 is 0 Å². The molecule has 1 N–H and O–H groups in total. The van der Waals surface area contributed by atoms with Gasteiger partial charge in [0.05, 0.1) is 17.0 Å². The molecule has 0 saturated heterocycles. The Morgan fingerprint density at radius 2 is 1.79 bits per heavy atom. The zero-order chi connectivity index (χ0) is 24.1. The van der Waals surface area contributed by atoms with Crippen LogP contribution in [0.2, 0.25) is 0 Å². The number of carboxylic acids is 1. The Hall–Kier alpha value is -3.19. The number of aromatic carboxylic acids is 1. The third kappa shape index (κ3) is 6.03. The topological polar surface area (TPSA) is 68.1 Å². The van der Waals surface area contributed by atoms with Crippen molar-refractivity contribution in [3.8, 4) is 11.5 Å². The lowest BCUT2D eigenvalue weighted by Gasteiger charge is -2.17. The van der Waals surface area contributed by atoms with Crippen molar-refractivity contribution in [1.82, 2.24) is 0 Å². The molecule has 7 heteroatoms. The van der Waals surface area contributed by atoms with Gasteiger partial charge in [0.15, 0.2) is 11.5 Å². The Labute approximate surface area is 206 Å². The Balaban J connectivity index is 1.54. The lowest BCUT2D eigenvalue weighted by molar-refractivity contribution is 0.0696. The molecule has 0 atom stereocenters. The zero-order valence-electron chi connectivity index (χ0n) is 18.8. The summed E-state index contributed by atoms with van der Waals surface area (Å²) < 4.78 is 26.7. The van der Waals surface area contributed by atoms with E-state index in [9.17, 15) is 14.3 Å². The predicted molar refractivity (Wildman–Crippen MR) is 133 cm³/mol. The average molecular weight is 526 g/mol. The number of carboxylic acid groups (broad SMARTS) is 1. The molecule has 1 aliphatic rings. The maximum atomic E-state index is 14.2. The van der Waals surface area contributed by atoms with Crippen molar-refractivity contribution in [2.24, 2.45) is 4.99 Å². The van der Waals surface area contributed by atoms with E-state index in [4.69, 9.17) is 14.5 Å². The van der Waals surface area contributed by atoms with Gasteiger partial charge in [0.1, 0.15) is 19.0 Å². The van der Waals surface area contributed by atoms with Gasteiger partial charge in [0.2, 0.25) is 0 Å². The van der Waals surface area contributed by atoms with Crippen LogP contribution in [0.25, 0.3) is 0 Å². The minimum atomic E-state index is -1.08. The van der Waals surface area contributed by atoms with Gasteiger partial charge in [0, 0.05) is 10.0 Å². The summed E-state index contributed by atoms with van der Waals surface area (Å²) in [6, 6.07) is 15.4. The van der Waals surface area contributed by atoms with E-state index in [1.807, 2.05) is 6.07 Å². The Morgan fingerprint density at radius 1 is 1.00 bits per heavy atom. The fraction of sp³-hybridized carbons (Fsp3) is 0.259. The number of benzene rings is 3. The first-order valence-electron chi connectivity index (χ1n) is 11.1. The molecule has 0 radical (unpaired) electrons. The summed E-state index contributed by atoms with van der Waals surface area (Å²) in [5.41, 5.74) is 4.75. The predicted octanol–water partition coefficient (Wildman–Crippen LogP) is 7.05. The van der Waals surface area contributed by atoms with Gasteiger partial charge in [-0.1, -0.05) is 39.7 Å². The lowest BCUT2D eigenvalue weighted by Crippen LogP contribution is -2.14. The van der Waals surface area contributed by atoms with Crippen LogP contribution < -0.4 is 9.47 Å². The summed E-state index contributed by atoms with van der Waals surface area (Å²) in [7, 11) is 0. The molecule has 3 aromatic rings. The number of ether oxygens (including phenoxy) is 2. The molecule has 1 aliphatic heterocycles. The molecule has 4 rings (SSSR count). The number of hydrogen-bond acceptors (Lipinski definition) is 4. The van der Waals surface area contributed by atoms with Crippen LogP contribution in [0.5, 0.6) is 11.5 Å². The summed E-state index contributed by atoms with van der Waals surface area (Å²) in [6.45, 7) is 2.27. The second-order valence-electron chi connectivity index (χ2n) is 8.30. The molecule has 1 heterocycles. The highest BCUT2D eigenvalue weighted by Gasteiger charge is 2.15. The molecular weight excluding hydrogens is 501 g/mol. The van der Waals surface area contributed by atoms with Crippen LogP contribution in [0.3, 0.4) is 0 Å². The fourth-order valence-electron chi connectivity index (χ4n) is 3.83. The van der Waals surface area contributed by atoms with Gasteiger partial charge in [0.25, 0.3) is 0 Å². The Morgan fingerprint density at radius 3 is 2.59 bits per heavy atom. The standard InChI is InChI=1S/C27H25BrFNO4/c1-17-6-10-24-18(12-17)4-2-3-5-22(30-24)16-34-25-11-8-19(27(31)32)13-26(25)33-15-20-7-9-21(28)14-23(20)29/h6-14H,2-5,15-16H2,1H3,(H,31,32). The van der Waals surface area contributed by atoms with Crippen molar-refractivity contribution >= 4 is 33.3 Å². The molecule has 0 unspecified atom stereocenters. The number of nitrogens with zero attached hydrogens (tertiary/aromatic N) is 1. The summed E-state index contributed by atoms with van der Waals surface area (Å²) in [6.07, 6.45) is 3.92. The van der Waals surface area contributed by atoms with Crippen molar-refractivity contribution in [3.05, 3.63) is 87.1 Å². The van der Waals surface area contributed by atoms with Gasteiger partial charge >= 0.3 is 5.97 Å². The molecule has 5 nitrogen and oxygen atoms in total. The van der Waals surface area contributed by atoms with Crippen molar-refractivity contribution in [3.63, 3.8) is 0 Å². The van der Waals surface area contributed by atoms with E-state index in [-0.39, 0.29) is 24.5 Å². The monoisotopic (exact) mass is 525 g/mol. The summed E-state index contributed by atoms with van der Waals surface area (Å²) in [5.74, 6) is -0.868. The molecule has 34 heavy (non-hydrogen) atoms. The highest BCUT2D eigenvalue weighted by molar-refractivity contribution is 9.10. The molecule has 176 valence electrons. The second kappa shape index (κ2) is 10.8. The van der Waals surface area contributed by atoms with Gasteiger partial charge < -0.3 is 14.6 Å². The number of aliphatic imine (C=N–C) groups is 1. The summed E-state index contributed by atoms with van der Waals surface area (Å²) >= 11 is 3.23. The number of halogens is 2. The molecule has 0 bridgehead atoms. The first kappa shape index (κ1) is 24.0. The first-order valence-corrected chi connectivity index (χ1v) is 11.9. The van der Waals surface area contributed by atoms with Crippen molar-refractivity contribution < 1.29 is 23.8 Å². The molecule has 0 aliphatic carbocycles. The van der Waals surface area contributed by atoms with Gasteiger partial charge in [-0.3, -0.25) is 4.99 Å². The minimum Gasteiger partial charge on any atom is -0.485 e. The molecule has 3 aromatic carbocycles. The normalized spacial score (nSPS) is 13.3. The van der Waals surface area contributed by atoms with Gasteiger partial charge in [-0.25, -0.2) is 9.18 Å². The van der Waals surface area contributed by atoms with Crippen molar-refractivity contribution in [2.45, 2.75) is 39.2 Å². The van der Waals surface area contributed by atoms with E-state index in [0.717, 1.165) is 37.1 Å². The number of hydrogen-bond donors (Lipinski definition) is 1. The van der Waals surface area contributed by atoms with Gasteiger partial charge in [-0.2, -0.15) is 0 Å². The van der Waals surface area contributed by atoms with Crippen LogP contribution in [0.15, 0.2) is 64.1 Å². The molecule has 0 amide bonds. The maximum absolute atomic E-state index is 14.2. The molecule has 0 fully saturated rings. The highest BCUT2D eigenvalue weighted by atomic mass is 79.9. The molecular formula is C27H25BrFNO4. The largest absolute Gasteiger partial charge is 0.485 e. The summed E-state index contributed by atoms with van der Waals surface area (Å²) in [4.78, 5) is 16.3. The van der Waals surface area contributed by atoms with E-state index in [1.54, 1.807) is 18.2 Å². The third-order valence-corrected chi connectivity index (χ3v) is 6.15. The van der Waals surface area contributed by atoms with E-state index < -0.39 is 11.8 Å². The van der Waals surface area contributed by atoms with Gasteiger partial charge in [-0.15, -0.1) is 0 Å². The quantitative estimate of drug-likeness (QED) is 0.358. The first-order chi connectivity index (χ1) is 16.4. The molecule has 0 aromatic heterocycles. The van der Waals surface area contributed by atoms with Crippen LogP contribution in [0.1, 0.15) is 46.3 Å². The van der Waals surface area contributed by atoms with Crippen LogP contribution in [0, 0.1) is 12.7 Å². The Bertz CT molecular complexity index is 1240. The SMILES string of the molecule is Cc1ccc2c(c1)CCCCC(COc1ccc(C(=O)O)cc1OCc1ccc(Br)cc1F)=N2. The fourth-order valence-corrected chi connectivity index (χ4v) is 4.16. The van der Waals surface area contributed by atoms with E-state index in [2.05, 4.69) is 35.0 Å². The van der Waals surface area contributed by atoms with Crippen LogP contribution in [-0.2, 0) is 13.0 Å². The van der Waals surface area contributed by atoms with Crippen molar-refractivity contribution in [1.29, 1.82) is 0 Å². The summed E-state index contributed by atoms with van der Waals surface area (Å²) in [5, 5.41) is 9.38. The smallest absolute Gasteiger partial charge is 0.335 e. The highest BCUT2D eigenvalue weighted by Crippen LogP contribution is 2.31. The van der Waals surface area contributed by atoms with Crippen molar-refractivity contribution in [2.75, 3.05) is 6.61 Å².